The summed E-state index contributed by atoms with van der Waals surface area (Å²) in [6.45, 7) is 5.76. The molecule has 0 radical (unpaired) electrons. The fraction of sp³-hybridized carbons (Fsp3) is 0.429. The number of fused-ring (bicyclic) bond motifs is 1. The molecule has 1 aromatic carbocycles. The molecule has 0 saturated carbocycles. The first-order valence-electron chi connectivity index (χ1n) is 5.95. The molecule has 1 aromatic rings. The SMILES string of the molecule is CC(C)(C)S(=O)N=C1CCc2cc(C#N)ccc21. The van der Waals surface area contributed by atoms with Gasteiger partial charge in [-0.05, 0) is 51.3 Å². The van der Waals surface area contributed by atoms with Gasteiger partial charge in [0.15, 0.2) is 0 Å². The first-order valence-corrected chi connectivity index (χ1v) is 7.05. The quantitative estimate of drug-likeness (QED) is 0.779. The molecule has 0 fully saturated rings. The molecule has 1 unspecified atom stereocenters. The Kier molecular flexibility index (Phi) is 3.36. The normalized spacial score (nSPS) is 18.4. The molecular weight excluding hydrogens is 244 g/mol. The lowest BCUT2D eigenvalue weighted by Crippen LogP contribution is -2.20. The molecule has 1 aliphatic carbocycles. The van der Waals surface area contributed by atoms with Crippen LogP contribution >= 0.6 is 0 Å². The van der Waals surface area contributed by atoms with Crippen LogP contribution in [0.2, 0.25) is 0 Å². The van der Waals surface area contributed by atoms with Gasteiger partial charge < -0.3 is 0 Å². The maximum absolute atomic E-state index is 12.0. The molecule has 3 nitrogen and oxygen atoms in total. The van der Waals surface area contributed by atoms with Gasteiger partial charge in [-0.15, -0.1) is 0 Å². The number of hydrogen-bond acceptors (Lipinski definition) is 2. The van der Waals surface area contributed by atoms with E-state index >= 15 is 0 Å². The Morgan fingerprint density at radius 2 is 2.06 bits per heavy atom. The van der Waals surface area contributed by atoms with Gasteiger partial charge in [-0.2, -0.15) is 9.66 Å². The van der Waals surface area contributed by atoms with Crippen LogP contribution in [-0.2, 0) is 17.4 Å². The maximum atomic E-state index is 12.0. The molecule has 2 rings (SSSR count). The molecule has 1 aliphatic rings. The zero-order valence-electron chi connectivity index (χ0n) is 10.9. The van der Waals surface area contributed by atoms with Crippen molar-refractivity contribution in [3.8, 4) is 6.07 Å². The van der Waals surface area contributed by atoms with Crippen molar-refractivity contribution in [2.45, 2.75) is 38.4 Å². The molecule has 0 saturated heterocycles. The van der Waals surface area contributed by atoms with E-state index in [9.17, 15) is 4.21 Å². The molecule has 4 heteroatoms. The average Bonchev–Trinajstić information content (AvgIpc) is 2.70. The second-order valence-corrected chi connectivity index (χ2v) is 7.29. The third-order valence-corrected chi connectivity index (χ3v) is 4.33. The largest absolute Gasteiger partial charge is 0.234 e. The van der Waals surface area contributed by atoms with E-state index in [0.29, 0.717) is 5.56 Å². The summed E-state index contributed by atoms with van der Waals surface area (Å²) in [7, 11) is -1.22. The van der Waals surface area contributed by atoms with Crippen LogP contribution in [0.25, 0.3) is 0 Å². The first-order chi connectivity index (χ1) is 8.41. The van der Waals surface area contributed by atoms with Crippen LogP contribution in [-0.4, -0.2) is 14.7 Å². The van der Waals surface area contributed by atoms with Gasteiger partial charge in [0.25, 0.3) is 0 Å². The lowest BCUT2D eigenvalue weighted by molar-refractivity contribution is 0.650. The Morgan fingerprint density at radius 1 is 1.33 bits per heavy atom. The van der Waals surface area contributed by atoms with Crippen LogP contribution in [0, 0.1) is 11.3 Å². The summed E-state index contributed by atoms with van der Waals surface area (Å²) < 4.78 is 16.0. The molecule has 0 spiro atoms. The van der Waals surface area contributed by atoms with Crippen molar-refractivity contribution in [3.63, 3.8) is 0 Å². The zero-order chi connectivity index (χ0) is 13.3. The van der Waals surface area contributed by atoms with Gasteiger partial charge in [0.05, 0.1) is 22.1 Å². The summed E-state index contributed by atoms with van der Waals surface area (Å²) in [5, 5.41) is 8.86. The number of hydrogen-bond donors (Lipinski definition) is 0. The topological polar surface area (TPSA) is 53.2 Å². The Hall–Kier alpha value is -1.47. The molecule has 0 N–H and O–H groups in total. The number of rotatable bonds is 1. The first kappa shape index (κ1) is 13.0. The molecule has 0 heterocycles. The summed E-state index contributed by atoms with van der Waals surface area (Å²) in [4.78, 5) is 0. The molecule has 94 valence electrons. The van der Waals surface area contributed by atoms with E-state index in [1.807, 2.05) is 32.9 Å². The Balaban J connectivity index is 2.36. The van der Waals surface area contributed by atoms with Gasteiger partial charge in [0.1, 0.15) is 11.0 Å². The maximum Gasteiger partial charge on any atom is 0.145 e. The summed E-state index contributed by atoms with van der Waals surface area (Å²) in [6.07, 6.45) is 1.69. The molecule has 0 bridgehead atoms. The Morgan fingerprint density at radius 3 is 2.67 bits per heavy atom. The van der Waals surface area contributed by atoms with Crippen LogP contribution in [0.1, 0.15) is 43.9 Å². The monoisotopic (exact) mass is 260 g/mol. The highest BCUT2D eigenvalue weighted by Crippen LogP contribution is 2.25. The van der Waals surface area contributed by atoms with Gasteiger partial charge in [0.2, 0.25) is 0 Å². The van der Waals surface area contributed by atoms with E-state index in [1.54, 1.807) is 6.07 Å². The van der Waals surface area contributed by atoms with Crippen molar-refractivity contribution < 1.29 is 4.21 Å². The zero-order valence-corrected chi connectivity index (χ0v) is 11.7. The van der Waals surface area contributed by atoms with E-state index in [-0.39, 0.29) is 4.75 Å². The average molecular weight is 260 g/mol. The van der Waals surface area contributed by atoms with Crippen molar-refractivity contribution in [1.82, 2.24) is 0 Å². The minimum absolute atomic E-state index is 0.331. The van der Waals surface area contributed by atoms with E-state index in [0.717, 1.165) is 29.7 Å². The van der Waals surface area contributed by atoms with Gasteiger partial charge in [-0.25, -0.2) is 4.21 Å². The van der Waals surface area contributed by atoms with Gasteiger partial charge in [-0.1, -0.05) is 6.07 Å². The van der Waals surface area contributed by atoms with Crippen molar-refractivity contribution in [3.05, 3.63) is 34.9 Å². The van der Waals surface area contributed by atoms with Crippen molar-refractivity contribution >= 4 is 16.7 Å². The minimum atomic E-state index is -1.22. The number of nitriles is 1. The summed E-state index contributed by atoms with van der Waals surface area (Å²) in [5.74, 6) is 0. The van der Waals surface area contributed by atoms with Crippen LogP contribution in [0.3, 0.4) is 0 Å². The fourth-order valence-corrected chi connectivity index (χ4v) is 2.53. The number of aryl methyl sites for hydroxylation is 1. The van der Waals surface area contributed by atoms with Crippen LogP contribution in [0.4, 0.5) is 0 Å². The van der Waals surface area contributed by atoms with Crippen molar-refractivity contribution in [1.29, 1.82) is 5.26 Å². The fourth-order valence-electron chi connectivity index (χ4n) is 1.87. The third kappa shape index (κ3) is 2.51. The van der Waals surface area contributed by atoms with Crippen molar-refractivity contribution in [2.24, 2.45) is 4.40 Å². The minimum Gasteiger partial charge on any atom is -0.234 e. The highest BCUT2D eigenvalue weighted by atomic mass is 32.2. The lowest BCUT2D eigenvalue weighted by Gasteiger charge is -2.14. The predicted octanol–water partition coefficient (Wildman–Crippen LogP) is 2.76. The van der Waals surface area contributed by atoms with Crippen LogP contribution < -0.4 is 0 Å². The summed E-state index contributed by atoms with van der Waals surface area (Å²) >= 11 is 0. The lowest BCUT2D eigenvalue weighted by atomic mass is 10.1. The molecule has 0 aliphatic heterocycles. The standard InChI is InChI=1S/C14H16N2OS/c1-14(2,3)18(17)16-13-7-5-11-8-10(9-15)4-6-12(11)13/h4,6,8H,5,7H2,1-3H3. The summed E-state index contributed by atoms with van der Waals surface area (Å²) in [6, 6.07) is 7.74. The summed E-state index contributed by atoms with van der Waals surface area (Å²) in [5.41, 5.74) is 3.76. The second-order valence-electron chi connectivity index (χ2n) is 5.38. The predicted molar refractivity (Wildman–Crippen MR) is 73.9 cm³/mol. The highest BCUT2D eigenvalue weighted by molar-refractivity contribution is 7.85. The van der Waals surface area contributed by atoms with E-state index < -0.39 is 11.0 Å². The second kappa shape index (κ2) is 4.66. The van der Waals surface area contributed by atoms with E-state index in [4.69, 9.17) is 5.26 Å². The Bertz CT molecular complexity index is 576. The highest BCUT2D eigenvalue weighted by Gasteiger charge is 2.23. The van der Waals surface area contributed by atoms with Gasteiger partial charge in [-0.3, -0.25) is 0 Å². The molecular formula is C14H16N2OS. The van der Waals surface area contributed by atoms with E-state index in [2.05, 4.69) is 10.5 Å². The molecule has 0 aromatic heterocycles. The van der Waals surface area contributed by atoms with Gasteiger partial charge in [0, 0.05) is 5.56 Å². The number of benzene rings is 1. The smallest absolute Gasteiger partial charge is 0.145 e. The Labute approximate surface area is 110 Å². The van der Waals surface area contributed by atoms with Crippen LogP contribution in [0.15, 0.2) is 22.6 Å². The van der Waals surface area contributed by atoms with E-state index in [1.165, 1.54) is 0 Å². The third-order valence-electron chi connectivity index (χ3n) is 2.89. The van der Waals surface area contributed by atoms with Crippen molar-refractivity contribution in [2.75, 3.05) is 0 Å². The van der Waals surface area contributed by atoms with Gasteiger partial charge >= 0.3 is 0 Å². The molecule has 18 heavy (non-hydrogen) atoms. The molecule has 0 amide bonds. The van der Waals surface area contributed by atoms with Crippen LogP contribution in [0.5, 0.6) is 0 Å². The molecule has 1 atom stereocenters. The number of nitrogens with zero attached hydrogens (tertiary/aromatic N) is 2.